The van der Waals surface area contributed by atoms with Crippen molar-refractivity contribution in [3.63, 3.8) is 0 Å². The summed E-state index contributed by atoms with van der Waals surface area (Å²) in [5.74, 6) is 0. The fourth-order valence-corrected chi connectivity index (χ4v) is 11.3. The molecule has 72 heavy (non-hydrogen) atoms. The zero-order valence-corrected chi connectivity index (χ0v) is 39.3. The standard InChI is InChI=1S/C70H45NO/c1-3-18-50(19-4-1)67-63-28-12-11-27-61(63)62-42-37-52(45-65(62)68(67)51-20-5-2-6-21-51)46-32-38-54(39-33-46)71(56-24-13-23-53(44-56)58-29-14-22-47-16-7-9-25-57(47)58)55-40-34-49(35-41-55)59-30-15-31-66-69(59)64-43-36-48-17-8-10-26-60(48)70(64)72-66/h1-45H. The van der Waals surface area contributed by atoms with E-state index in [0.717, 1.165) is 61.1 Å². The number of fused-ring (bicyclic) bond motifs is 9. The minimum absolute atomic E-state index is 0.891. The van der Waals surface area contributed by atoms with Crippen molar-refractivity contribution in [3.8, 4) is 55.6 Å². The molecule has 0 amide bonds. The maximum absolute atomic E-state index is 6.60. The summed E-state index contributed by atoms with van der Waals surface area (Å²) in [5, 5.41) is 12.0. The third-order valence-corrected chi connectivity index (χ3v) is 14.6. The van der Waals surface area contributed by atoms with Crippen molar-refractivity contribution in [1.29, 1.82) is 0 Å². The van der Waals surface area contributed by atoms with Gasteiger partial charge >= 0.3 is 0 Å². The van der Waals surface area contributed by atoms with Crippen molar-refractivity contribution in [3.05, 3.63) is 273 Å². The van der Waals surface area contributed by atoms with E-state index >= 15 is 0 Å². The van der Waals surface area contributed by atoms with Crippen LogP contribution < -0.4 is 4.90 Å². The van der Waals surface area contributed by atoms with Crippen molar-refractivity contribution >= 4 is 82.1 Å². The molecule has 0 atom stereocenters. The SMILES string of the molecule is c1ccc(-c2c(-c3ccccc3)c3cc(-c4ccc(N(c5ccc(-c6cccc7oc8c9ccccc9ccc8c67)cc5)c5cccc(-c6cccc7ccccc67)c5)cc4)ccc3c3ccccc23)cc1. The van der Waals surface area contributed by atoms with Crippen LogP contribution in [-0.4, -0.2) is 0 Å². The number of nitrogens with zero attached hydrogens (tertiary/aromatic N) is 1. The summed E-state index contributed by atoms with van der Waals surface area (Å²) in [4.78, 5) is 2.38. The van der Waals surface area contributed by atoms with E-state index in [2.05, 4.69) is 278 Å². The zero-order chi connectivity index (χ0) is 47.5. The van der Waals surface area contributed by atoms with E-state index in [1.165, 1.54) is 76.6 Å². The lowest BCUT2D eigenvalue weighted by molar-refractivity contribution is 0.673. The molecule has 336 valence electrons. The molecule has 2 heteroatoms. The van der Waals surface area contributed by atoms with Crippen molar-refractivity contribution in [2.45, 2.75) is 0 Å². The van der Waals surface area contributed by atoms with Crippen LogP contribution in [0.4, 0.5) is 17.1 Å². The highest BCUT2D eigenvalue weighted by atomic mass is 16.3. The molecule has 14 aromatic rings. The van der Waals surface area contributed by atoms with Gasteiger partial charge in [0.25, 0.3) is 0 Å². The van der Waals surface area contributed by atoms with Gasteiger partial charge in [-0.3, -0.25) is 0 Å². The van der Waals surface area contributed by atoms with E-state index in [4.69, 9.17) is 4.42 Å². The van der Waals surface area contributed by atoms with Gasteiger partial charge < -0.3 is 9.32 Å². The lowest BCUT2D eigenvalue weighted by Crippen LogP contribution is -2.10. The average Bonchev–Trinajstić information content (AvgIpc) is 3.85. The second-order valence-electron chi connectivity index (χ2n) is 18.7. The van der Waals surface area contributed by atoms with Crippen LogP contribution in [0, 0.1) is 0 Å². The lowest BCUT2D eigenvalue weighted by atomic mass is 9.84. The zero-order valence-electron chi connectivity index (χ0n) is 39.3. The first kappa shape index (κ1) is 41.5. The Kier molecular flexibility index (Phi) is 9.89. The second-order valence-corrected chi connectivity index (χ2v) is 18.7. The molecule has 0 unspecified atom stereocenters. The highest BCUT2D eigenvalue weighted by Crippen LogP contribution is 2.47. The molecule has 0 saturated heterocycles. The van der Waals surface area contributed by atoms with Gasteiger partial charge in [0.05, 0.1) is 0 Å². The Balaban J connectivity index is 0.904. The van der Waals surface area contributed by atoms with E-state index in [9.17, 15) is 0 Å². The summed E-state index contributed by atoms with van der Waals surface area (Å²) in [6.07, 6.45) is 0. The molecule has 0 fully saturated rings. The molecular weight excluding hydrogens is 871 g/mol. The number of furan rings is 1. The summed E-state index contributed by atoms with van der Waals surface area (Å²) in [5.41, 5.74) is 16.9. The fraction of sp³-hybridized carbons (Fsp3) is 0. The molecule has 0 aliphatic carbocycles. The van der Waals surface area contributed by atoms with Crippen molar-refractivity contribution in [2.24, 2.45) is 0 Å². The molecule has 0 aliphatic rings. The molecule has 0 spiro atoms. The van der Waals surface area contributed by atoms with Crippen LogP contribution in [0.15, 0.2) is 277 Å². The topological polar surface area (TPSA) is 16.4 Å². The Hall–Kier alpha value is -9.50. The molecule has 0 N–H and O–H groups in total. The fourth-order valence-electron chi connectivity index (χ4n) is 11.3. The number of benzene rings is 13. The van der Waals surface area contributed by atoms with Gasteiger partial charge in [-0.1, -0.05) is 218 Å². The van der Waals surface area contributed by atoms with E-state index in [1.54, 1.807) is 0 Å². The highest BCUT2D eigenvalue weighted by Gasteiger charge is 2.21. The predicted octanol–water partition coefficient (Wildman–Crippen LogP) is 20.0. The minimum atomic E-state index is 0.891. The summed E-state index contributed by atoms with van der Waals surface area (Å²) < 4.78 is 6.60. The Bertz CT molecular complexity index is 4360. The smallest absolute Gasteiger partial charge is 0.143 e. The molecule has 0 aliphatic heterocycles. The minimum Gasteiger partial charge on any atom is -0.455 e. The molecule has 2 nitrogen and oxygen atoms in total. The largest absolute Gasteiger partial charge is 0.455 e. The van der Waals surface area contributed by atoms with Crippen LogP contribution >= 0.6 is 0 Å². The first-order chi connectivity index (χ1) is 35.7. The summed E-state index contributed by atoms with van der Waals surface area (Å²) >= 11 is 0. The van der Waals surface area contributed by atoms with Crippen LogP contribution in [0.5, 0.6) is 0 Å². The van der Waals surface area contributed by atoms with E-state index in [0.29, 0.717) is 0 Å². The van der Waals surface area contributed by atoms with E-state index < -0.39 is 0 Å². The van der Waals surface area contributed by atoms with Crippen LogP contribution in [-0.2, 0) is 0 Å². The van der Waals surface area contributed by atoms with Crippen LogP contribution in [0.1, 0.15) is 0 Å². The second kappa shape index (κ2) is 17.2. The third-order valence-electron chi connectivity index (χ3n) is 14.6. The van der Waals surface area contributed by atoms with E-state index in [-0.39, 0.29) is 0 Å². The number of hydrogen-bond acceptors (Lipinski definition) is 2. The van der Waals surface area contributed by atoms with Gasteiger partial charge in [-0.15, -0.1) is 0 Å². The molecule has 0 radical (unpaired) electrons. The number of hydrogen-bond donors (Lipinski definition) is 0. The normalized spacial score (nSPS) is 11.6. The van der Waals surface area contributed by atoms with Gasteiger partial charge in [0.2, 0.25) is 0 Å². The average molecular weight is 916 g/mol. The maximum Gasteiger partial charge on any atom is 0.143 e. The molecule has 1 aromatic heterocycles. The van der Waals surface area contributed by atoms with Crippen LogP contribution in [0.25, 0.3) is 121 Å². The maximum atomic E-state index is 6.60. The molecule has 0 bridgehead atoms. The van der Waals surface area contributed by atoms with Gasteiger partial charge in [0, 0.05) is 33.2 Å². The Morgan fingerprint density at radius 1 is 0.250 bits per heavy atom. The summed E-state index contributed by atoms with van der Waals surface area (Å²) in [7, 11) is 0. The van der Waals surface area contributed by atoms with Crippen molar-refractivity contribution < 1.29 is 4.42 Å². The van der Waals surface area contributed by atoms with Crippen molar-refractivity contribution in [1.82, 2.24) is 0 Å². The first-order valence-corrected chi connectivity index (χ1v) is 24.7. The molecule has 13 aromatic carbocycles. The number of anilines is 3. The monoisotopic (exact) mass is 915 g/mol. The van der Waals surface area contributed by atoms with Gasteiger partial charge in [-0.2, -0.15) is 0 Å². The Morgan fingerprint density at radius 3 is 1.50 bits per heavy atom. The van der Waals surface area contributed by atoms with Gasteiger partial charge in [-0.05, 0) is 148 Å². The molecule has 14 rings (SSSR count). The highest BCUT2D eigenvalue weighted by molar-refractivity contribution is 6.22. The predicted molar refractivity (Wildman–Crippen MR) is 306 cm³/mol. The Labute approximate surface area is 417 Å². The van der Waals surface area contributed by atoms with Gasteiger partial charge in [0.1, 0.15) is 11.2 Å². The van der Waals surface area contributed by atoms with Crippen LogP contribution in [0.3, 0.4) is 0 Å². The quantitative estimate of drug-likeness (QED) is 0.141. The van der Waals surface area contributed by atoms with E-state index in [1.807, 2.05) is 0 Å². The molecule has 0 saturated carbocycles. The third kappa shape index (κ3) is 6.95. The molecule has 1 heterocycles. The Morgan fingerprint density at radius 2 is 0.764 bits per heavy atom. The lowest BCUT2D eigenvalue weighted by Gasteiger charge is -2.26. The van der Waals surface area contributed by atoms with Gasteiger partial charge in [-0.25, -0.2) is 0 Å². The van der Waals surface area contributed by atoms with Gasteiger partial charge in [0.15, 0.2) is 0 Å². The summed E-state index contributed by atoms with van der Waals surface area (Å²) in [6, 6.07) is 99.2. The molecular formula is C70H45NO. The van der Waals surface area contributed by atoms with Crippen LogP contribution in [0.2, 0.25) is 0 Å². The number of rotatable bonds is 8. The van der Waals surface area contributed by atoms with Crippen molar-refractivity contribution in [2.75, 3.05) is 4.90 Å². The first-order valence-electron chi connectivity index (χ1n) is 24.7. The summed E-state index contributed by atoms with van der Waals surface area (Å²) in [6.45, 7) is 0.